The molecule has 0 spiro atoms. The summed E-state index contributed by atoms with van der Waals surface area (Å²) in [6.45, 7) is 0.214. The molecule has 3 heteroatoms. The summed E-state index contributed by atoms with van der Waals surface area (Å²) < 4.78 is 0. The second kappa shape index (κ2) is 5.23. The molecule has 0 saturated carbocycles. The number of aryl methyl sites for hydroxylation is 1. The molecule has 0 fully saturated rings. The molecule has 0 heterocycles. The molecule has 14 heavy (non-hydrogen) atoms. The van der Waals surface area contributed by atoms with E-state index >= 15 is 0 Å². The standard InChI is InChI=1S/C11H16ClNO/c1-13(2)10-6-5-9(4-3-7-14)11(12)8-10/h5-6,8,14H,3-4,7H2,1-2H3. The summed E-state index contributed by atoms with van der Waals surface area (Å²) in [5, 5.41) is 9.49. The molecular weight excluding hydrogens is 198 g/mol. The Balaban J connectivity index is 2.79. The van der Waals surface area contributed by atoms with Crippen molar-refractivity contribution >= 4 is 17.3 Å². The van der Waals surface area contributed by atoms with E-state index in [4.69, 9.17) is 16.7 Å². The minimum Gasteiger partial charge on any atom is -0.396 e. The highest BCUT2D eigenvalue weighted by molar-refractivity contribution is 6.31. The normalized spacial score (nSPS) is 10.3. The first kappa shape index (κ1) is 11.3. The Labute approximate surface area is 90.1 Å². The molecule has 0 atom stereocenters. The monoisotopic (exact) mass is 213 g/mol. The second-order valence-corrected chi connectivity index (χ2v) is 3.90. The van der Waals surface area contributed by atoms with E-state index in [1.165, 1.54) is 0 Å². The van der Waals surface area contributed by atoms with Crippen LogP contribution in [0.5, 0.6) is 0 Å². The first-order valence-electron chi connectivity index (χ1n) is 4.71. The van der Waals surface area contributed by atoms with E-state index in [9.17, 15) is 0 Å². The summed E-state index contributed by atoms with van der Waals surface area (Å²) >= 11 is 6.10. The Morgan fingerprint density at radius 2 is 2.07 bits per heavy atom. The fraction of sp³-hybridized carbons (Fsp3) is 0.455. The number of aliphatic hydroxyl groups excluding tert-OH is 1. The van der Waals surface area contributed by atoms with Gasteiger partial charge < -0.3 is 10.0 Å². The summed E-state index contributed by atoms with van der Waals surface area (Å²) in [4.78, 5) is 2.02. The zero-order chi connectivity index (χ0) is 10.6. The minimum absolute atomic E-state index is 0.214. The topological polar surface area (TPSA) is 23.5 Å². The largest absolute Gasteiger partial charge is 0.396 e. The zero-order valence-electron chi connectivity index (χ0n) is 8.63. The molecule has 0 aromatic heterocycles. The molecule has 1 aromatic rings. The Morgan fingerprint density at radius 3 is 2.57 bits per heavy atom. The maximum atomic E-state index is 8.71. The maximum absolute atomic E-state index is 8.71. The van der Waals surface area contributed by atoms with Gasteiger partial charge in [-0.1, -0.05) is 17.7 Å². The van der Waals surface area contributed by atoms with Crippen LogP contribution in [0.2, 0.25) is 5.02 Å². The van der Waals surface area contributed by atoms with Crippen molar-refractivity contribution in [1.82, 2.24) is 0 Å². The average Bonchev–Trinajstić information content (AvgIpc) is 2.15. The predicted octanol–water partition coefficient (Wildman–Crippen LogP) is 2.33. The van der Waals surface area contributed by atoms with Gasteiger partial charge >= 0.3 is 0 Å². The fourth-order valence-corrected chi connectivity index (χ4v) is 1.56. The van der Waals surface area contributed by atoms with Crippen molar-refractivity contribution in [3.63, 3.8) is 0 Å². The van der Waals surface area contributed by atoms with Crippen LogP contribution in [0.3, 0.4) is 0 Å². The van der Waals surface area contributed by atoms with Crippen LogP contribution in [0.1, 0.15) is 12.0 Å². The number of benzene rings is 1. The third-order valence-corrected chi connectivity index (χ3v) is 2.51. The van der Waals surface area contributed by atoms with E-state index < -0.39 is 0 Å². The van der Waals surface area contributed by atoms with E-state index in [-0.39, 0.29) is 6.61 Å². The Kier molecular flexibility index (Phi) is 4.23. The number of halogens is 1. The van der Waals surface area contributed by atoms with Crippen LogP contribution in [-0.2, 0) is 6.42 Å². The second-order valence-electron chi connectivity index (χ2n) is 3.50. The van der Waals surface area contributed by atoms with Gasteiger partial charge in [0.05, 0.1) is 0 Å². The van der Waals surface area contributed by atoms with Crippen LogP contribution >= 0.6 is 11.6 Å². The van der Waals surface area contributed by atoms with Gasteiger partial charge in [0.15, 0.2) is 0 Å². The predicted molar refractivity (Wildman–Crippen MR) is 61.2 cm³/mol. The van der Waals surface area contributed by atoms with Gasteiger partial charge in [0.1, 0.15) is 0 Å². The molecule has 2 nitrogen and oxygen atoms in total. The first-order chi connectivity index (χ1) is 6.65. The summed E-state index contributed by atoms with van der Waals surface area (Å²) in [6.07, 6.45) is 1.60. The maximum Gasteiger partial charge on any atom is 0.0458 e. The summed E-state index contributed by atoms with van der Waals surface area (Å²) in [7, 11) is 3.97. The SMILES string of the molecule is CN(C)c1ccc(CCCO)c(Cl)c1. The van der Waals surface area contributed by atoms with Crippen molar-refractivity contribution in [1.29, 1.82) is 0 Å². The van der Waals surface area contributed by atoms with Gasteiger partial charge in [0.25, 0.3) is 0 Å². The molecule has 0 amide bonds. The van der Waals surface area contributed by atoms with Crippen LogP contribution in [0.25, 0.3) is 0 Å². The lowest BCUT2D eigenvalue weighted by molar-refractivity contribution is 0.288. The van der Waals surface area contributed by atoms with Gasteiger partial charge in [-0.3, -0.25) is 0 Å². The van der Waals surface area contributed by atoms with Crippen molar-refractivity contribution in [2.24, 2.45) is 0 Å². The van der Waals surface area contributed by atoms with E-state index in [1.54, 1.807) is 0 Å². The molecule has 1 rings (SSSR count). The lowest BCUT2D eigenvalue weighted by Gasteiger charge is -2.14. The molecule has 1 aromatic carbocycles. The number of hydrogen-bond acceptors (Lipinski definition) is 2. The molecule has 0 bridgehead atoms. The lowest BCUT2D eigenvalue weighted by Crippen LogP contribution is -2.08. The van der Waals surface area contributed by atoms with Gasteiger partial charge in [-0.05, 0) is 30.5 Å². The van der Waals surface area contributed by atoms with Gasteiger partial charge in [0.2, 0.25) is 0 Å². The Morgan fingerprint density at radius 1 is 1.36 bits per heavy atom. The number of anilines is 1. The highest BCUT2D eigenvalue weighted by Gasteiger charge is 2.02. The number of aliphatic hydroxyl groups is 1. The minimum atomic E-state index is 0.214. The number of hydrogen-bond donors (Lipinski definition) is 1. The third kappa shape index (κ3) is 2.89. The number of rotatable bonds is 4. The van der Waals surface area contributed by atoms with Gasteiger partial charge in [-0.2, -0.15) is 0 Å². The van der Waals surface area contributed by atoms with Gasteiger partial charge in [-0.25, -0.2) is 0 Å². The first-order valence-corrected chi connectivity index (χ1v) is 5.09. The van der Waals surface area contributed by atoms with Crippen LogP contribution in [-0.4, -0.2) is 25.8 Å². The van der Waals surface area contributed by atoms with E-state index in [2.05, 4.69) is 0 Å². The van der Waals surface area contributed by atoms with Crippen molar-refractivity contribution < 1.29 is 5.11 Å². The number of nitrogens with zero attached hydrogens (tertiary/aromatic N) is 1. The van der Waals surface area contributed by atoms with Crippen LogP contribution in [0.15, 0.2) is 18.2 Å². The van der Waals surface area contributed by atoms with Crippen LogP contribution in [0.4, 0.5) is 5.69 Å². The molecular formula is C11H16ClNO. The average molecular weight is 214 g/mol. The Hall–Kier alpha value is -0.730. The van der Waals surface area contributed by atoms with Gasteiger partial charge in [0, 0.05) is 31.4 Å². The van der Waals surface area contributed by atoms with Crippen LogP contribution in [0, 0.1) is 0 Å². The zero-order valence-corrected chi connectivity index (χ0v) is 9.38. The molecule has 0 unspecified atom stereocenters. The van der Waals surface area contributed by atoms with E-state index in [0.29, 0.717) is 0 Å². The van der Waals surface area contributed by atoms with Crippen LogP contribution < -0.4 is 4.90 Å². The smallest absolute Gasteiger partial charge is 0.0458 e. The highest BCUT2D eigenvalue weighted by atomic mass is 35.5. The summed E-state index contributed by atoms with van der Waals surface area (Å²) in [5.41, 5.74) is 2.20. The van der Waals surface area contributed by atoms with Crippen molar-refractivity contribution in [3.05, 3.63) is 28.8 Å². The quantitative estimate of drug-likeness (QED) is 0.830. The van der Waals surface area contributed by atoms with E-state index in [0.717, 1.165) is 29.1 Å². The highest BCUT2D eigenvalue weighted by Crippen LogP contribution is 2.23. The molecule has 1 N–H and O–H groups in total. The Bertz CT molecular complexity index is 299. The molecule has 0 aliphatic heterocycles. The third-order valence-electron chi connectivity index (χ3n) is 2.16. The molecule has 0 saturated heterocycles. The molecule has 0 aliphatic carbocycles. The lowest BCUT2D eigenvalue weighted by atomic mass is 10.1. The summed E-state index contributed by atoms with van der Waals surface area (Å²) in [5.74, 6) is 0. The van der Waals surface area contributed by atoms with E-state index in [1.807, 2.05) is 37.2 Å². The molecule has 0 aliphatic rings. The molecule has 78 valence electrons. The molecule has 0 radical (unpaired) electrons. The fourth-order valence-electron chi connectivity index (χ4n) is 1.29. The summed E-state index contributed by atoms with van der Waals surface area (Å²) in [6, 6.07) is 6.01. The van der Waals surface area contributed by atoms with Crippen molar-refractivity contribution in [2.75, 3.05) is 25.6 Å². The van der Waals surface area contributed by atoms with Crippen molar-refractivity contribution in [3.8, 4) is 0 Å². The van der Waals surface area contributed by atoms with Gasteiger partial charge in [-0.15, -0.1) is 0 Å². The van der Waals surface area contributed by atoms with Crippen molar-refractivity contribution in [2.45, 2.75) is 12.8 Å².